The Hall–Kier alpha value is -0.800. The van der Waals surface area contributed by atoms with Crippen molar-refractivity contribution in [2.45, 2.75) is 5.92 Å². The van der Waals surface area contributed by atoms with Crippen molar-refractivity contribution in [1.82, 2.24) is 0 Å². The van der Waals surface area contributed by atoms with Crippen molar-refractivity contribution < 1.29 is 9.90 Å². The highest BCUT2D eigenvalue weighted by molar-refractivity contribution is 7.96. The fraction of sp³-hybridized carbons (Fsp3) is 0.222. The maximum Gasteiger partial charge on any atom is 0.195 e. The highest BCUT2D eigenvalue weighted by Gasteiger charge is 2.15. The molecule has 3 heteroatoms. The van der Waals surface area contributed by atoms with Crippen LogP contribution >= 0.6 is 12.6 Å². The summed E-state index contributed by atoms with van der Waals surface area (Å²) in [6.07, 6.45) is 0. The lowest BCUT2D eigenvalue weighted by Crippen LogP contribution is -2.10. The number of thiol groups is 1. The molecule has 2 nitrogen and oxygen atoms in total. The normalized spacial score (nSPS) is 12.5. The van der Waals surface area contributed by atoms with E-state index in [-0.39, 0.29) is 11.7 Å². The molecule has 0 aliphatic carbocycles. The van der Waals surface area contributed by atoms with Crippen LogP contribution in [0.2, 0.25) is 0 Å². The summed E-state index contributed by atoms with van der Waals surface area (Å²) in [5.74, 6) is -0.491. The zero-order valence-corrected chi connectivity index (χ0v) is 7.37. The van der Waals surface area contributed by atoms with Gasteiger partial charge in [0, 0.05) is 0 Å². The van der Waals surface area contributed by atoms with Crippen LogP contribution in [0.25, 0.3) is 0 Å². The largest absolute Gasteiger partial charge is 0.395 e. The van der Waals surface area contributed by atoms with E-state index < -0.39 is 5.92 Å². The Kier molecular flexibility index (Phi) is 3.31. The average Bonchev–Trinajstić information content (AvgIpc) is 2.07. The maximum absolute atomic E-state index is 10.9. The van der Waals surface area contributed by atoms with Gasteiger partial charge in [-0.2, -0.15) is 0 Å². The van der Waals surface area contributed by atoms with Crippen LogP contribution in [-0.2, 0) is 4.79 Å². The van der Waals surface area contributed by atoms with Gasteiger partial charge in [0.1, 0.15) is 0 Å². The van der Waals surface area contributed by atoms with Crippen molar-refractivity contribution in [3.63, 3.8) is 0 Å². The molecule has 0 aliphatic rings. The van der Waals surface area contributed by atoms with Gasteiger partial charge in [0.15, 0.2) is 5.12 Å². The minimum Gasteiger partial charge on any atom is -0.395 e. The molecule has 1 atom stereocenters. The number of hydrogen-bond donors (Lipinski definition) is 2. The van der Waals surface area contributed by atoms with E-state index in [9.17, 15) is 4.79 Å². The number of rotatable bonds is 3. The maximum atomic E-state index is 10.9. The smallest absolute Gasteiger partial charge is 0.195 e. The summed E-state index contributed by atoms with van der Waals surface area (Å²) in [6.45, 7) is -0.188. The third-order valence-electron chi connectivity index (χ3n) is 1.68. The van der Waals surface area contributed by atoms with Gasteiger partial charge in [0.05, 0.1) is 12.5 Å². The summed E-state index contributed by atoms with van der Waals surface area (Å²) in [7, 11) is 0. The topological polar surface area (TPSA) is 37.3 Å². The first kappa shape index (κ1) is 9.29. The van der Waals surface area contributed by atoms with Crippen LogP contribution < -0.4 is 0 Å². The van der Waals surface area contributed by atoms with E-state index in [1.54, 1.807) is 12.1 Å². The fourth-order valence-corrected chi connectivity index (χ4v) is 1.24. The van der Waals surface area contributed by atoms with Gasteiger partial charge >= 0.3 is 0 Å². The summed E-state index contributed by atoms with van der Waals surface area (Å²) in [5, 5.41) is 8.58. The second kappa shape index (κ2) is 4.28. The summed E-state index contributed by atoms with van der Waals surface area (Å²) in [4.78, 5) is 10.9. The van der Waals surface area contributed by atoms with Crippen molar-refractivity contribution in [2.75, 3.05) is 6.61 Å². The predicted molar refractivity (Wildman–Crippen MR) is 50.3 cm³/mol. The number of aliphatic hydroxyl groups is 1. The minimum atomic E-state index is -0.491. The van der Waals surface area contributed by atoms with Gasteiger partial charge in [0.25, 0.3) is 0 Å². The van der Waals surface area contributed by atoms with Crippen LogP contribution in [0, 0.1) is 0 Å². The van der Waals surface area contributed by atoms with Crippen LogP contribution in [0.1, 0.15) is 11.5 Å². The Morgan fingerprint density at radius 1 is 1.42 bits per heavy atom. The summed E-state index contributed by atoms with van der Waals surface area (Å²) >= 11 is 3.69. The molecule has 12 heavy (non-hydrogen) atoms. The lowest BCUT2D eigenvalue weighted by atomic mass is 10.0. The summed E-state index contributed by atoms with van der Waals surface area (Å²) in [6, 6.07) is 9.12. The first-order valence-corrected chi connectivity index (χ1v) is 4.09. The summed E-state index contributed by atoms with van der Waals surface area (Å²) in [5.41, 5.74) is 0.806. The molecule has 64 valence electrons. The van der Waals surface area contributed by atoms with Gasteiger partial charge in [-0.25, -0.2) is 0 Å². The molecule has 0 heterocycles. The second-order valence-corrected chi connectivity index (χ2v) is 2.92. The lowest BCUT2D eigenvalue weighted by Gasteiger charge is -2.08. The molecule has 1 aromatic rings. The van der Waals surface area contributed by atoms with Gasteiger partial charge in [-0.05, 0) is 5.56 Å². The van der Waals surface area contributed by atoms with Gasteiger partial charge in [0.2, 0.25) is 0 Å². The third-order valence-corrected chi connectivity index (χ3v) is 1.99. The predicted octanol–water partition coefficient (Wildman–Crippen LogP) is 1.22. The van der Waals surface area contributed by atoms with E-state index in [2.05, 4.69) is 12.6 Å². The van der Waals surface area contributed by atoms with Gasteiger partial charge in [-0.3, -0.25) is 4.79 Å². The number of hydrogen-bond acceptors (Lipinski definition) is 2. The summed E-state index contributed by atoms with van der Waals surface area (Å²) < 4.78 is 0. The Labute approximate surface area is 76.6 Å². The molecule has 1 unspecified atom stereocenters. The molecule has 0 aromatic heterocycles. The molecule has 0 radical (unpaired) electrons. The van der Waals surface area contributed by atoms with Crippen molar-refractivity contribution >= 4 is 17.7 Å². The second-order valence-electron chi connectivity index (χ2n) is 2.48. The van der Waals surface area contributed by atoms with Crippen LogP contribution in [0.4, 0.5) is 0 Å². The molecule has 0 saturated heterocycles. The molecule has 0 saturated carbocycles. The zero-order valence-electron chi connectivity index (χ0n) is 6.47. The molecular formula is C9H10O2S. The Bertz CT molecular complexity index is 258. The minimum absolute atomic E-state index is 0.188. The van der Waals surface area contributed by atoms with Crippen molar-refractivity contribution in [2.24, 2.45) is 0 Å². The monoisotopic (exact) mass is 182 g/mol. The van der Waals surface area contributed by atoms with E-state index >= 15 is 0 Å². The fourth-order valence-electron chi connectivity index (χ4n) is 1.01. The van der Waals surface area contributed by atoms with E-state index in [0.717, 1.165) is 5.56 Å². The van der Waals surface area contributed by atoms with Crippen LogP contribution in [0.5, 0.6) is 0 Å². The molecule has 1 aromatic carbocycles. The van der Waals surface area contributed by atoms with Crippen LogP contribution in [0.3, 0.4) is 0 Å². The molecule has 0 bridgehead atoms. The standard InChI is InChI=1S/C9H10O2S/c10-6-8(9(11)12)7-4-2-1-3-5-7/h1-5,8,10H,6H2,(H,11,12). The Morgan fingerprint density at radius 3 is 2.42 bits per heavy atom. The number of carbonyl (C=O) groups excluding carboxylic acids is 1. The average molecular weight is 182 g/mol. The highest BCUT2D eigenvalue weighted by Crippen LogP contribution is 2.16. The van der Waals surface area contributed by atoms with E-state index in [0.29, 0.717) is 0 Å². The lowest BCUT2D eigenvalue weighted by molar-refractivity contribution is -0.112. The van der Waals surface area contributed by atoms with E-state index in [4.69, 9.17) is 5.11 Å². The molecule has 0 fully saturated rings. The highest BCUT2D eigenvalue weighted by atomic mass is 32.1. The van der Waals surface area contributed by atoms with Crippen molar-refractivity contribution in [3.05, 3.63) is 35.9 Å². The van der Waals surface area contributed by atoms with Gasteiger partial charge in [-0.15, -0.1) is 12.6 Å². The molecule has 1 rings (SSSR count). The van der Waals surface area contributed by atoms with E-state index in [1.165, 1.54) is 0 Å². The van der Waals surface area contributed by atoms with Crippen LogP contribution in [0.15, 0.2) is 30.3 Å². The Morgan fingerprint density at radius 2 is 2.00 bits per heavy atom. The van der Waals surface area contributed by atoms with Gasteiger partial charge in [-0.1, -0.05) is 30.3 Å². The van der Waals surface area contributed by atoms with Crippen molar-refractivity contribution in [1.29, 1.82) is 0 Å². The quantitative estimate of drug-likeness (QED) is 0.690. The number of aliphatic hydroxyl groups excluding tert-OH is 1. The van der Waals surface area contributed by atoms with Crippen molar-refractivity contribution in [3.8, 4) is 0 Å². The number of carbonyl (C=O) groups is 1. The molecule has 1 N–H and O–H groups in total. The third kappa shape index (κ3) is 2.09. The molecule has 0 spiro atoms. The Balaban J connectivity index is 2.88. The SMILES string of the molecule is O=C(S)C(CO)c1ccccc1. The number of benzene rings is 1. The first-order valence-electron chi connectivity index (χ1n) is 3.64. The van der Waals surface area contributed by atoms with Gasteiger partial charge < -0.3 is 5.11 Å². The van der Waals surface area contributed by atoms with Crippen LogP contribution in [-0.4, -0.2) is 16.8 Å². The molecule has 0 amide bonds. The molecule has 0 aliphatic heterocycles. The molecular weight excluding hydrogens is 172 g/mol. The zero-order chi connectivity index (χ0) is 8.97. The first-order chi connectivity index (χ1) is 5.75. The van der Waals surface area contributed by atoms with E-state index in [1.807, 2.05) is 18.2 Å².